The quantitative estimate of drug-likeness (QED) is 0.749. The highest BCUT2D eigenvalue weighted by molar-refractivity contribution is 6.00. The van der Waals surface area contributed by atoms with E-state index in [2.05, 4.69) is 10.2 Å². The van der Waals surface area contributed by atoms with Crippen LogP contribution in [0.25, 0.3) is 11.1 Å². The molecule has 3 N–H and O–H groups in total. The minimum absolute atomic E-state index is 0.0868. The van der Waals surface area contributed by atoms with Crippen molar-refractivity contribution < 1.29 is 19.8 Å². The molecule has 2 aromatic rings. The molecule has 2 amide bonds. The van der Waals surface area contributed by atoms with Crippen LogP contribution < -0.4 is 9.80 Å². The molecule has 0 radical (unpaired) electrons. The van der Waals surface area contributed by atoms with Crippen molar-refractivity contribution in [3.8, 4) is 11.1 Å². The highest BCUT2D eigenvalue weighted by atomic mass is 16.4. The number of hydrogen-bond donors (Lipinski definition) is 3. The number of carboxylic acid groups (broad SMARTS) is 2. The van der Waals surface area contributed by atoms with Crippen molar-refractivity contribution in [2.24, 2.45) is 0 Å². The second-order valence-corrected chi connectivity index (χ2v) is 5.09. The van der Waals surface area contributed by atoms with Gasteiger partial charge in [0.15, 0.2) is 0 Å². The summed E-state index contributed by atoms with van der Waals surface area (Å²) in [6, 6.07) is 4.58. The number of hydrogen-bond acceptors (Lipinski definition) is 3. The second kappa shape index (κ2) is 5.06. The monoisotopic (exact) mass is 302 g/mol. The van der Waals surface area contributed by atoms with E-state index in [4.69, 9.17) is 0 Å². The summed E-state index contributed by atoms with van der Waals surface area (Å²) in [6.45, 7) is 1.76. The lowest BCUT2D eigenvalue weighted by molar-refractivity contribution is 0.194. The number of fused-ring (bicyclic) bond motifs is 1. The first kappa shape index (κ1) is 13.9. The van der Waals surface area contributed by atoms with Crippen molar-refractivity contribution in [2.45, 2.75) is 13.0 Å². The number of anilines is 2. The van der Waals surface area contributed by atoms with Gasteiger partial charge in [0, 0.05) is 11.8 Å². The van der Waals surface area contributed by atoms with Crippen LogP contribution in [0, 0.1) is 0 Å². The number of nitrogens with one attached hydrogen (secondary N) is 1. The summed E-state index contributed by atoms with van der Waals surface area (Å²) in [5, 5.41) is 25.3. The van der Waals surface area contributed by atoms with Gasteiger partial charge in [-0.3, -0.25) is 14.9 Å². The molecule has 22 heavy (non-hydrogen) atoms. The number of aromatic amines is 1. The topological polar surface area (TPSA) is 110 Å². The standard InChI is InChI=1S/C14H14N4O4/c1-8-7-17(13(19)20)12-4-9(10-5-15-16-6-10)2-3-11(12)18(8)14(21)22/h2-6,8H,7H2,1H3,(H,15,16)(H,19,20)(H,21,22)/t8-/m0/s1. The van der Waals surface area contributed by atoms with Gasteiger partial charge in [0.2, 0.25) is 0 Å². The molecule has 0 unspecified atom stereocenters. The van der Waals surface area contributed by atoms with Crippen LogP contribution in [0.1, 0.15) is 6.92 Å². The molecule has 114 valence electrons. The second-order valence-electron chi connectivity index (χ2n) is 5.09. The van der Waals surface area contributed by atoms with E-state index in [1.807, 2.05) is 0 Å². The molecule has 0 saturated heterocycles. The molecular weight excluding hydrogens is 288 g/mol. The molecular formula is C14H14N4O4. The number of nitrogens with zero attached hydrogens (tertiary/aromatic N) is 3. The molecule has 0 aliphatic carbocycles. The normalized spacial score (nSPS) is 17.2. The van der Waals surface area contributed by atoms with E-state index in [1.165, 1.54) is 9.80 Å². The van der Waals surface area contributed by atoms with Gasteiger partial charge in [0.25, 0.3) is 0 Å². The lowest BCUT2D eigenvalue weighted by atomic mass is 10.0. The van der Waals surface area contributed by atoms with E-state index in [0.29, 0.717) is 11.4 Å². The summed E-state index contributed by atoms with van der Waals surface area (Å²) in [5.74, 6) is 0. The molecule has 1 aliphatic heterocycles. The van der Waals surface area contributed by atoms with Gasteiger partial charge in [-0.2, -0.15) is 5.10 Å². The van der Waals surface area contributed by atoms with Crippen molar-refractivity contribution in [2.75, 3.05) is 16.3 Å². The summed E-state index contributed by atoms with van der Waals surface area (Å²) in [7, 11) is 0. The zero-order valence-corrected chi connectivity index (χ0v) is 11.7. The number of rotatable bonds is 1. The van der Waals surface area contributed by atoms with E-state index >= 15 is 0 Å². The number of carbonyl (C=O) groups is 2. The molecule has 2 heterocycles. The van der Waals surface area contributed by atoms with Crippen LogP contribution in [0.3, 0.4) is 0 Å². The van der Waals surface area contributed by atoms with Gasteiger partial charge >= 0.3 is 12.2 Å². The molecule has 1 aromatic heterocycles. The largest absolute Gasteiger partial charge is 0.465 e. The molecule has 0 fully saturated rings. The maximum Gasteiger partial charge on any atom is 0.412 e. The Labute approximate surface area is 125 Å². The molecule has 0 saturated carbocycles. The van der Waals surface area contributed by atoms with E-state index < -0.39 is 18.2 Å². The third-order valence-electron chi connectivity index (χ3n) is 3.68. The van der Waals surface area contributed by atoms with Gasteiger partial charge in [0.1, 0.15) is 0 Å². The van der Waals surface area contributed by atoms with Gasteiger partial charge in [-0.15, -0.1) is 0 Å². The Hall–Kier alpha value is -3.03. The lowest BCUT2D eigenvalue weighted by Gasteiger charge is -2.38. The van der Waals surface area contributed by atoms with Crippen LogP contribution in [0.4, 0.5) is 21.0 Å². The van der Waals surface area contributed by atoms with Gasteiger partial charge in [-0.25, -0.2) is 9.59 Å². The number of amides is 2. The average molecular weight is 302 g/mol. The molecule has 0 spiro atoms. The fourth-order valence-corrected chi connectivity index (χ4v) is 2.69. The Balaban J connectivity index is 2.15. The predicted octanol–water partition coefficient (Wildman–Crippen LogP) is 2.45. The van der Waals surface area contributed by atoms with Crippen molar-refractivity contribution in [3.05, 3.63) is 30.6 Å². The van der Waals surface area contributed by atoms with Gasteiger partial charge in [-0.05, 0) is 24.6 Å². The van der Waals surface area contributed by atoms with Gasteiger partial charge in [0.05, 0.1) is 30.2 Å². The van der Waals surface area contributed by atoms with E-state index in [-0.39, 0.29) is 6.54 Å². The maximum absolute atomic E-state index is 11.5. The molecule has 1 aromatic carbocycles. The first-order valence-electron chi connectivity index (χ1n) is 6.65. The predicted molar refractivity (Wildman–Crippen MR) is 79.4 cm³/mol. The average Bonchev–Trinajstić information content (AvgIpc) is 2.99. The molecule has 0 bridgehead atoms. The van der Waals surface area contributed by atoms with Crippen LogP contribution in [0.5, 0.6) is 0 Å². The minimum atomic E-state index is -1.11. The van der Waals surface area contributed by atoms with E-state index in [1.54, 1.807) is 37.5 Å². The summed E-state index contributed by atoms with van der Waals surface area (Å²) in [6.07, 6.45) is 1.10. The molecule has 8 nitrogen and oxygen atoms in total. The molecule has 1 aliphatic rings. The number of benzene rings is 1. The molecule has 1 atom stereocenters. The Morgan fingerprint density at radius 2 is 2.00 bits per heavy atom. The van der Waals surface area contributed by atoms with Crippen LogP contribution in [0.15, 0.2) is 30.6 Å². The van der Waals surface area contributed by atoms with E-state index in [9.17, 15) is 19.8 Å². The third-order valence-corrected chi connectivity index (χ3v) is 3.68. The lowest BCUT2D eigenvalue weighted by Crippen LogP contribution is -2.51. The first-order valence-corrected chi connectivity index (χ1v) is 6.65. The fraction of sp³-hybridized carbons (Fsp3) is 0.214. The zero-order chi connectivity index (χ0) is 15.9. The number of aromatic nitrogens is 2. The van der Waals surface area contributed by atoms with Crippen molar-refractivity contribution in [3.63, 3.8) is 0 Å². The van der Waals surface area contributed by atoms with Crippen molar-refractivity contribution in [1.82, 2.24) is 10.2 Å². The Morgan fingerprint density at radius 1 is 1.23 bits per heavy atom. The fourth-order valence-electron chi connectivity index (χ4n) is 2.69. The summed E-state index contributed by atoms with van der Waals surface area (Å²) in [5.41, 5.74) is 2.28. The summed E-state index contributed by atoms with van der Waals surface area (Å²) < 4.78 is 0. The Bertz CT molecular complexity index is 728. The Kier molecular flexibility index (Phi) is 3.21. The van der Waals surface area contributed by atoms with Crippen LogP contribution in [0.2, 0.25) is 0 Å². The van der Waals surface area contributed by atoms with E-state index in [0.717, 1.165) is 11.1 Å². The first-order chi connectivity index (χ1) is 10.5. The van der Waals surface area contributed by atoms with Crippen molar-refractivity contribution in [1.29, 1.82) is 0 Å². The maximum atomic E-state index is 11.5. The van der Waals surface area contributed by atoms with Crippen molar-refractivity contribution >= 4 is 23.6 Å². The smallest absolute Gasteiger partial charge is 0.412 e. The minimum Gasteiger partial charge on any atom is -0.465 e. The van der Waals surface area contributed by atoms with Crippen LogP contribution in [-0.4, -0.2) is 45.2 Å². The third kappa shape index (κ3) is 2.14. The summed E-state index contributed by atoms with van der Waals surface area (Å²) in [4.78, 5) is 25.3. The number of H-pyrrole nitrogens is 1. The zero-order valence-electron chi connectivity index (χ0n) is 11.7. The van der Waals surface area contributed by atoms with Gasteiger partial charge < -0.3 is 10.2 Å². The molecule has 8 heteroatoms. The Morgan fingerprint density at radius 3 is 2.59 bits per heavy atom. The van der Waals surface area contributed by atoms with Crippen LogP contribution in [-0.2, 0) is 0 Å². The highest BCUT2D eigenvalue weighted by Crippen LogP contribution is 2.38. The van der Waals surface area contributed by atoms with Crippen LogP contribution >= 0.6 is 0 Å². The van der Waals surface area contributed by atoms with Gasteiger partial charge in [-0.1, -0.05) is 6.07 Å². The SMILES string of the molecule is C[C@H]1CN(C(=O)O)c2cc(-c3cn[nH]c3)ccc2N1C(=O)O. The summed E-state index contributed by atoms with van der Waals surface area (Å²) >= 11 is 0. The highest BCUT2D eigenvalue weighted by Gasteiger charge is 2.35. The molecule has 3 rings (SSSR count).